The van der Waals surface area contributed by atoms with Crippen molar-refractivity contribution in [3.8, 4) is 0 Å². The summed E-state index contributed by atoms with van der Waals surface area (Å²) in [6.07, 6.45) is -22.0. The highest BCUT2D eigenvalue weighted by Crippen LogP contribution is 2.66. The Kier molecular flexibility index (Phi) is 20.2. The lowest BCUT2D eigenvalue weighted by Crippen LogP contribution is -2.74. The summed E-state index contributed by atoms with van der Waals surface area (Å²) in [5.74, 6) is -120. The van der Waals surface area contributed by atoms with Crippen LogP contribution in [0.1, 0.15) is 26.2 Å². The molecule has 1 atom stereocenters. The van der Waals surface area contributed by atoms with Crippen molar-refractivity contribution < 1.29 is 185 Å². The van der Waals surface area contributed by atoms with Gasteiger partial charge in [-0.2, -0.15) is 166 Å². The Balaban J connectivity index is -0.00000111. The van der Waals surface area contributed by atoms with Gasteiger partial charge in [0.1, 0.15) is 0 Å². The molecule has 0 bridgehead atoms. The molecule has 0 aliphatic carbocycles. The summed E-state index contributed by atoms with van der Waals surface area (Å²) in [6.45, 7) is 1.73. The van der Waals surface area contributed by atoms with Crippen LogP contribution in [-0.4, -0.2) is 156 Å². The highest BCUT2D eigenvalue weighted by molar-refractivity contribution is 7.86. The van der Waals surface area contributed by atoms with Crippen molar-refractivity contribution in [1.29, 1.82) is 0 Å². The van der Waals surface area contributed by atoms with E-state index < -0.39 is 140 Å². The fourth-order valence-corrected chi connectivity index (χ4v) is 4.44. The van der Waals surface area contributed by atoms with Gasteiger partial charge in [-0.05, 0) is 13.3 Å². The molecule has 0 aromatic heterocycles. The number of aliphatic hydroxyl groups is 2. The van der Waals surface area contributed by atoms with Crippen molar-refractivity contribution in [2.75, 3.05) is 18.1 Å². The van der Waals surface area contributed by atoms with Gasteiger partial charge in [0.05, 0.1) is 17.6 Å². The summed E-state index contributed by atoms with van der Waals surface area (Å²) in [6, 6.07) is 0. The molecule has 0 radical (unpaired) electrons. The fourth-order valence-electron chi connectivity index (χ4n) is 3.41. The predicted molar refractivity (Wildman–Crippen MR) is 147 cm³/mol. The largest absolute Gasteiger partial charge is 0.460 e. The third-order valence-electron chi connectivity index (χ3n) is 7.47. The fraction of sp³-hybridized carbons (Fsp3) is 1.00. The first-order valence-electron chi connectivity index (χ1n) is 15.3. The summed E-state index contributed by atoms with van der Waals surface area (Å²) in [5.41, 5.74) is 0. The lowest BCUT2D eigenvalue weighted by atomic mass is 9.88. The zero-order valence-corrected chi connectivity index (χ0v) is 32.5. The van der Waals surface area contributed by atoms with E-state index in [0.717, 1.165) is 0 Å². The van der Waals surface area contributed by atoms with E-state index in [1.54, 1.807) is 6.92 Å². The monoisotopic (exact) mass is 1150 g/mol. The van der Waals surface area contributed by atoms with E-state index in [9.17, 15) is 166 Å². The summed E-state index contributed by atoms with van der Waals surface area (Å²) < 4.78 is 494. The van der Waals surface area contributed by atoms with Crippen LogP contribution >= 0.6 is 0 Å². The molecule has 0 rings (SSSR count). The molecule has 0 aliphatic heterocycles. The second kappa shape index (κ2) is 19.8. The second-order valence-electron chi connectivity index (χ2n) is 12.7. The number of aliphatic hydroxyl groups excluding tert-OH is 2. The molecule has 44 heteroatoms. The molecule has 0 aromatic carbocycles. The van der Waals surface area contributed by atoms with Crippen LogP contribution in [0, 0.1) is 0 Å². The maximum atomic E-state index is 13.3. The van der Waals surface area contributed by atoms with Crippen LogP contribution in [0.5, 0.6) is 0 Å². The maximum absolute atomic E-state index is 13.3. The molecular formula is C24H20F34O8S2. The van der Waals surface area contributed by atoms with Gasteiger partial charge in [-0.25, -0.2) is 0 Å². The minimum absolute atomic E-state index is 0.0810. The molecule has 0 aliphatic rings. The minimum atomic E-state index is -8.74. The Labute approximate surface area is 352 Å². The van der Waals surface area contributed by atoms with Gasteiger partial charge in [0, 0.05) is 19.4 Å². The molecule has 0 heterocycles. The summed E-state index contributed by atoms with van der Waals surface area (Å²) in [5, 5.41) is 16.5. The van der Waals surface area contributed by atoms with Gasteiger partial charge in [0.25, 0.3) is 20.2 Å². The zero-order chi connectivity index (χ0) is 56.8. The third kappa shape index (κ3) is 12.5. The first-order valence-corrected chi connectivity index (χ1v) is 18.5. The molecule has 0 fully saturated rings. The third-order valence-corrected chi connectivity index (χ3v) is 8.91. The molecule has 1 unspecified atom stereocenters. The summed E-state index contributed by atoms with van der Waals surface area (Å²) in [4.78, 5) is 0. The van der Waals surface area contributed by atoms with Crippen molar-refractivity contribution >= 4 is 20.2 Å². The molecule has 414 valence electrons. The molecule has 0 saturated heterocycles. The first kappa shape index (κ1) is 69.6. The van der Waals surface area contributed by atoms with Crippen LogP contribution in [0.3, 0.4) is 0 Å². The van der Waals surface area contributed by atoms with E-state index in [-0.39, 0.29) is 12.7 Å². The zero-order valence-electron chi connectivity index (χ0n) is 30.9. The first-order chi connectivity index (χ1) is 28.7. The standard InChI is InChI=1S/2C10H5F17O3S.C4H10O2/c2*11-3(12,1-2-31(28,29)30)4(13,14)5(15,16)6(17,18)7(19,20)8(21,22)9(23,24)10(25,26)27;1-4(6)2-3-5/h2*1-2H2,(H,28,29,30);4-6H,2-3H2,1H3. The highest BCUT2D eigenvalue weighted by Gasteiger charge is 2.97. The molecule has 0 amide bonds. The normalized spacial score (nSPS) is 16.4. The molecule has 0 spiro atoms. The number of hydrogen-bond acceptors (Lipinski definition) is 6. The smallest absolute Gasteiger partial charge is 0.396 e. The van der Waals surface area contributed by atoms with Crippen LogP contribution in [0.25, 0.3) is 0 Å². The van der Waals surface area contributed by atoms with Gasteiger partial charge in [0.2, 0.25) is 0 Å². The van der Waals surface area contributed by atoms with Crippen molar-refractivity contribution in [3.05, 3.63) is 0 Å². The van der Waals surface area contributed by atoms with Gasteiger partial charge in [0.15, 0.2) is 0 Å². The van der Waals surface area contributed by atoms with E-state index >= 15 is 0 Å². The van der Waals surface area contributed by atoms with Crippen LogP contribution in [0.4, 0.5) is 149 Å². The molecule has 0 aromatic rings. The van der Waals surface area contributed by atoms with Gasteiger partial charge >= 0.3 is 95.3 Å². The predicted octanol–water partition coefficient (Wildman–Crippen LogP) is 10.3. The lowest BCUT2D eigenvalue weighted by Gasteiger charge is -2.42. The maximum Gasteiger partial charge on any atom is 0.460 e. The van der Waals surface area contributed by atoms with E-state index in [1.165, 1.54) is 0 Å². The van der Waals surface area contributed by atoms with Crippen LogP contribution in [0.2, 0.25) is 0 Å². The summed E-state index contributed by atoms with van der Waals surface area (Å²) >= 11 is 0. The Morgan fingerprint density at radius 2 is 0.500 bits per heavy atom. The van der Waals surface area contributed by atoms with Crippen molar-refractivity contribution in [2.45, 2.75) is 128 Å². The van der Waals surface area contributed by atoms with Crippen molar-refractivity contribution in [1.82, 2.24) is 0 Å². The number of rotatable bonds is 20. The van der Waals surface area contributed by atoms with Crippen LogP contribution in [-0.2, 0) is 20.2 Å². The molecular weight excluding hydrogens is 1130 g/mol. The van der Waals surface area contributed by atoms with Crippen LogP contribution in [0.15, 0.2) is 0 Å². The van der Waals surface area contributed by atoms with E-state index in [4.69, 9.17) is 19.3 Å². The van der Waals surface area contributed by atoms with E-state index in [1.807, 2.05) is 0 Å². The Bertz CT molecular complexity index is 1760. The van der Waals surface area contributed by atoms with Gasteiger partial charge in [-0.3, -0.25) is 9.11 Å². The average molecular weight is 1150 g/mol. The van der Waals surface area contributed by atoms with E-state index in [2.05, 4.69) is 0 Å². The lowest BCUT2D eigenvalue weighted by molar-refractivity contribution is -0.461. The van der Waals surface area contributed by atoms with Gasteiger partial charge < -0.3 is 10.2 Å². The average Bonchev–Trinajstić information content (AvgIpc) is 3.07. The van der Waals surface area contributed by atoms with Crippen molar-refractivity contribution in [3.63, 3.8) is 0 Å². The Morgan fingerprint density at radius 1 is 0.338 bits per heavy atom. The van der Waals surface area contributed by atoms with Gasteiger partial charge in [-0.1, -0.05) is 0 Å². The van der Waals surface area contributed by atoms with Crippen molar-refractivity contribution in [2.24, 2.45) is 0 Å². The second-order valence-corrected chi connectivity index (χ2v) is 15.9. The number of hydrogen-bond donors (Lipinski definition) is 4. The molecule has 0 saturated carbocycles. The molecule has 8 nitrogen and oxygen atoms in total. The Hall–Kier alpha value is -2.64. The molecule has 4 N–H and O–H groups in total. The minimum Gasteiger partial charge on any atom is -0.396 e. The van der Waals surface area contributed by atoms with Crippen LogP contribution < -0.4 is 0 Å². The Morgan fingerprint density at radius 3 is 0.618 bits per heavy atom. The topological polar surface area (TPSA) is 149 Å². The number of alkyl halides is 34. The van der Waals surface area contributed by atoms with Gasteiger partial charge in [-0.15, -0.1) is 0 Å². The highest BCUT2D eigenvalue weighted by atomic mass is 32.2. The summed E-state index contributed by atoms with van der Waals surface area (Å²) in [7, 11) is -11.4. The van der Waals surface area contributed by atoms with E-state index in [0.29, 0.717) is 6.42 Å². The molecule has 68 heavy (non-hydrogen) atoms. The SMILES string of the molecule is CC(O)CCO.O=S(=O)(O)CCC(F)(F)C(F)(F)C(F)(F)C(F)(F)C(F)(F)C(F)(F)C(F)(F)C(F)(F)F.O=S(=O)(O)CCC(F)(F)C(F)(F)C(F)(F)C(F)(F)C(F)(F)C(F)(F)C(F)(F)C(F)(F)F. The quantitative estimate of drug-likeness (QED) is 0.0696. The number of halogens is 34.